The van der Waals surface area contributed by atoms with Crippen LogP contribution in [0.1, 0.15) is 290 Å². The Kier molecular flexibility index (Phi) is 51.8. The Balaban J connectivity index is 4.34. The van der Waals surface area contributed by atoms with Gasteiger partial charge in [0, 0.05) is 19.3 Å². The van der Waals surface area contributed by atoms with Gasteiger partial charge in [0.1, 0.15) is 13.2 Å². The molecule has 0 saturated carbocycles. The second-order valence-electron chi connectivity index (χ2n) is 18.8. The third-order valence-electron chi connectivity index (χ3n) is 12.3. The number of hydrogen-bond acceptors (Lipinski definition) is 6. The smallest absolute Gasteiger partial charge is 0.306 e. The SMILES string of the molecule is CC/C=C\C/C=C\C/C=C\CCCCCCCCCCCC(=O)OCC(COC(=O)CCCCCCCCCCCCCCC)OC(=O)CCCCCCCCC/C=C\CCCCCC. The van der Waals surface area contributed by atoms with Crippen LogP contribution in [-0.2, 0) is 28.6 Å². The van der Waals surface area contributed by atoms with Gasteiger partial charge in [-0.1, -0.05) is 243 Å². The van der Waals surface area contributed by atoms with E-state index in [0.717, 1.165) is 77.0 Å². The Hall–Kier alpha value is -2.63. The van der Waals surface area contributed by atoms with E-state index in [1.54, 1.807) is 0 Å². The van der Waals surface area contributed by atoms with Gasteiger partial charge in [-0.25, -0.2) is 0 Å². The minimum atomic E-state index is -0.774. The molecule has 0 heterocycles. The van der Waals surface area contributed by atoms with Crippen molar-refractivity contribution in [1.82, 2.24) is 0 Å². The van der Waals surface area contributed by atoms with Crippen LogP contribution in [0.5, 0.6) is 0 Å². The maximum atomic E-state index is 12.8. The molecule has 0 N–H and O–H groups in total. The number of rotatable bonds is 51. The lowest BCUT2D eigenvalue weighted by Gasteiger charge is -2.18. The number of esters is 3. The standard InChI is InChI=1S/C59H106O6/c1-4-7-10-13-16-19-22-25-27-28-29-30-32-34-37-40-43-46-49-52-58(61)64-55-56(54-63-57(60)51-48-45-42-39-36-33-24-21-18-15-12-9-6-3)65-59(62)53-50-47-44-41-38-35-31-26-23-20-17-14-11-8-5-2/h7,10,16,19-20,23,25,27,56H,4-6,8-9,11-15,17-18,21-22,24,26,28-55H2,1-3H3/b10-7-,19-16-,23-20-,27-25-. The van der Waals surface area contributed by atoms with Crippen LogP contribution in [-0.4, -0.2) is 37.2 Å². The summed E-state index contributed by atoms with van der Waals surface area (Å²) in [6.45, 7) is 6.54. The number of unbranched alkanes of at least 4 members (excludes halogenated alkanes) is 32. The lowest BCUT2D eigenvalue weighted by Crippen LogP contribution is -2.30. The lowest BCUT2D eigenvalue weighted by molar-refractivity contribution is -0.167. The van der Waals surface area contributed by atoms with Crippen LogP contribution in [0.25, 0.3) is 0 Å². The molecule has 0 aromatic rings. The van der Waals surface area contributed by atoms with Gasteiger partial charge in [-0.15, -0.1) is 0 Å². The first-order chi connectivity index (χ1) is 32.0. The molecule has 378 valence electrons. The van der Waals surface area contributed by atoms with Gasteiger partial charge in [0.25, 0.3) is 0 Å². The molecule has 0 aliphatic heterocycles. The van der Waals surface area contributed by atoms with E-state index < -0.39 is 6.10 Å². The topological polar surface area (TPSA) is 78.9 Å². The Morgan fingerprint density at radius 2 is 0.600 bits per heavy atom. The van der Waals surface area contributed by atoms with Crippen LogP contribution < -0.4 is 0 Å². The van der Waals surface area contributed by atoms with Crippen LogP contribution in [0.3, 0.4) is 0 Å². The summed E-state index contributed by atoms with van der Waals surface area (Å²) < 4.78 is 16.9. The van der Waals surface area contributed by atoms with Gasteiger partial charge in [0.2, 0.25) is 0 Å². The van der Waals surface area contributed by atoms with Crippen LogP contribution in [0.15, 0.2) is 48.6 Å². The molecule has 0 aliphatic rings. The van der Waals surface area contributed by atoms with Crippen molar-refractivity contribution in [3.8, 4) is 0 Å². The van der Waals surface area contributed by atoms with Crippen molar-refractivity contribution in [3.63, 3.8) is 0 Å². The summed E-state index contributed by atoms with van der Waals surface area (Å²) in [6.07, 6.45) is 65.2. The molecule has 65 heavy (non-hydrogen) atoms. The predicted molar refractivity (Wildman–Crippen MR) is 279 cm³/mol. The van der Waals surface area contributed by atoms with E-state index in [4.69, 9.17) is 14.2 Å². The molecule has 0 aliphatic carbocycles. The molecule has 6 heteroatoms. The number of hydrogen-bond donors (Lipinski definition) is 0. The Labute approximate surface area is 403 Å². The van der Waals surface area contributed by atoms with Crippen LogP contribution >= 0.6 is 0 Å². The summed E-state index contributed by atoms with van der Waals surface area (Å²) >= 11 is 0. The van der Waals surface area contributed by atoms with Crippen LogP contribution in [0.2, 0.25) is 0 Å². The van der Waals surface area contributed by atoms with Gasteiger partial charge < -0.3 is 14.2 Å². The van der Waals surface area contributed by atoms with Crippen LogP contribution in [0, 0.1) is 0 Å². The third kappa shape index (κ3) is 52.2. The Morgan fingerprint density at radius 3 is 0.969 bits per heavy atom. The number of carbonyl (C=O) groups excluding carboxylic acids is 3. The number of ether oxygens (including phenoxy) is 3. The van der Waals surface area contributed by atoms with Crippen molar-refractivity contribution < 1.29 is 28.6 Å². The second kappa shape index (κ2) is 54.0. The van der Waals surface area contributed by atoms with Gasteiger partial charge >= 0.3 is 17.9 Å². The highest BCUT2D eigenvalue weighted by Crippen LogP contribution is 2.16. The van der Waals surface area contributed by atoms with E-state index in [9.17, 15) is 14.4 Å². The van der Waals surface area contributed by atoms with Crippen molar-refractivity contribution in [2.45, 2.75) is 297 Å². The fourth-order valence-corrected chi connectivity index (χ4v) is 8.10. The van der Waals surface area contributed by atoms with Crippen molar-refractivity contribution >= 4 is 17.9 Å². The summed E-state index contributed by atoms with van der Waals surface area (Å²) in [5.41, 5.74) is 0. The highest BCUT2D eigenvalue weighted by molar-refractivity contribution is 5.71. The molecular formula is C59H106O6. The third-order valence-corrected chi connectivity index (χ3v) is 12.3. The monoisotopic (exact) mass is 911 g/mol. The lowest BCUT2D eigenvalue weighted by atomic mass is 10.0. The second-order valence-corrected chi connectivity index (χ2v) is 18.8. The molecule has 0 amide bonds. The van der Waals surface area contributed by atoms with E-state index in [0.29, 0.717) is 19.3 Å². The summed E-state index contributed by atoms with van der Waals surface area (Å²) in [5.74, 6) is -0.870. The molecule has 6 nitrogen and oxygen atoms in total. The molecule has 0 aromatic carbocycles. The molecule has 0 radical (unpaired) electrons. The first-order valence-corrected chi connectivity index (χ1v) is 28.1. The van der Waals surface area contributed by atoms with E-state index in [-0.39, 0.29) is 31.1 Å². The molecule has 1 atom stereocenters. The number of allylic oxidation sites excluding steroid dienone is 8. The molecule has 0 fully saturated rings. The molecule has 0 spiro atoms. The number of carbonyl (C=O) groups is 3. The first-order valence-electron chi connectivity index (χ1n) is 28.1. The summed E-state index contributed by atoms with van der Waals surface area (Å²) in [4.78, 5) is 38.1. The average molecular weight is 911 g/mol. The Morgan fingerprint density at radius 1 is 0.323 bits per heavy atom. The summed E-state index contributed by atoms with van der Waals surface area (Å²) in [5, 5.41) is 0. The van der Waals surface area contributed by atoms with Crippen molar-refractivity contribution in [3.05, 3.63) is 48.6 Å². The van der Waals surface area contributed by atoms with Gasteiger partial charge in [-0.05, 0) is 77.0 Å². The summed E-state index contributed by atoms with van der Waals surface area (Å²) in [7, 11) is 0. The zero-order chi connectivity index (χ0) is 47.2. The predicted octanol–water partition coefficient (Wildman–Crippen LogP) is 18.7. The zero-order valence-corrected chi connectivity index (χ0v) is 43.3. The van der Waals surface area contributed by atoms with Crippen LogP contribution in [0.4, 0.5) is 0 Å². The van der Waals surface area contributed by atoms with E-state index >= 15 is 0 Å². The maximum Gasteiger partial charge on any atom is 0.306 e. The molecule has 0 bridgehead atoms. The van der Waals surface area contributed by atoms with Gasteiger partial charge in [-0.2, -0.15) is 0 Å². The van der Waals surface area contributed by atoms with Gasteiger partial charge in [0.15, 0.2) is 6.10 Å². The largest absolute Gasteiger partial charge is 0.462 e. The zero-order valence-electron chi connectivity index (χ0n) is 43.3. The highest BCUT2D eigenvalue weighted by atomic mass is 16.6. The molecule has 0 saturated heterocycles. The normalized spacial score (nSPS) is 12.4. The highest BCUT2D eigenvalue weighted by Gasteiger charge is 2.19. The van der Waals surface area contributed by atoms with Crippen molar-refractivity contribution in [2.75, 3.05) is 13.2 Å². The minimum absolute atomic E-state index is 0.0733. The molecule has 0 rings (SSSR count). The fraction of sp³-hybridized carbons (Fsp3) is 0.814. The van der Waals surface area contributed by atoms with E-state index in [2.05, 4.69) is 69.4 Å². The first kappa shape index (κ1) is 62.4. The van der Waals surface area contributed by atoms with Crippen molar-refractivity contribution in [1.29, 1.82) is 0 Å². The quantitative estimate of drug-likeness (QED) is 0.0262. The fourth-order valence-electron chi connectivity index (χ4n) is 8.10. The summed E-state index contributed by atoms with van der Waals surface area (Å²) in [6, 6.07) is 0. The van der Waals surface area contributed by atoms with E-state index in [1.165, 1.54) is 173 Å². The average Bonchev–Trinajstić information content (AvgIpc) is 3.30. The maximum absolute atomic E-state index is 12.8. The van der Waals surface area contributed by atoms with Gasteiger partial charge in [0.05, 0.1) is 0 Å². The minimum Gasteiger partial charge on any atom is -0.462 e. The molecule has 0 aromatic heterocycles. The molecular weight excluding hydrogens is 805 g/mol. The Bertz CT molecular complexity index is 1140. The van der Waals surface area contributed by atoms with Gasteiger partial charge in [-0.3, -0.25) is 14.4 Å². The van der Waals surface area contributed by atoms with E-state index in [1.807, 2.05) is 0 Å². The molecule has 1 unspecified atom stereocenters. The van der Waals surface area contributed by atoms with Crippen molar-refractivity contribution in [2.24, 2.45) is 0 Å².